The van der Waals surface area contributed by atoms with Gasteiger partial charge in [0.15, 0.2) is 0 Å². The van der Waals surface area contributed by atoms with Crippen molar-refractivity contribution in [2.75, 3.05) is 32.8 Å². The molecule has 0 aliphatic carbocycles. The van der Waals surface area contributed by atoms with E-state index in [1.54, 1.807) is 0 Å². The van der Waals surface area contributed by atoms with Crippen LogP contribution in [0.5, 0.6) is 0 Å². The third-order valence-electron chi connectivity index (χ3n) is 2.53. The largest absolute Gasteiger partial charge is 0.392 e. The molecule has 0 bridgehead atoms. The van der Waals surface area contributed by atoms with Crippen LogP contribution >= 0.6 is 0 Å². The zero-order valence-corrected chi connectivity index (χ0v) is 8.70. The lowest BCUT2D eigenvalue weighted by atomic mass is 10.1. The first-order valence-electron chi connectivity index (χ1n) is 5.18. The fourth-order valence-corrected chi connectivity index (χ4v) is 1.46. The summed E-state index contributed by atoms with van der Waals surface area (Å²) in [5, 5.41) is 9.69. The lowest BCUT2D eigenvalue weighted by Gasteiger charge is -2.24. The Bertz CT molecular complexity index is 131. The average molecular weight is 187 g/mol. The van der Waals surface area contributed by atoms with Crippen LogP contribution in [0, 0.1) is 5.92 Å². The predicted molar refractivity (Wildman–Crippen MR) is 52.7 cm³/mol. The summed E-state index contributed by atoms with van der Waals surface area (Å²) in [6.07, 6.45) is 0.892. The third kappa shape index (κ3) is 4.07. The second-order valence-electron chi connectivity index (χ2n) is 4.08. The van der Waals surface area contributed by atoms with Gasteiger partial charge in [0.05, 0.1) is 12.7 Å². The quantitative estimate of drug-likeness (QED) is 0.707. The van der Waals surface area contributed by atoms with E-state index in [0.29, 0.717) is 5.92 Å². The minimum absolute atomic E-state index is 0.196. The molecule has 0 radical (unpaired) electrons. The number of ether oxygens (including phenoxy) is 1. The molecule has 3 heteroatoms. The highest BCUT2D eigenvalue weighted by Crippen LogP contribution is 2.06. The maximum atomic E-state index is 9.69. The molecule has 0 aromatic heterocycles. The molecule has 1 atom stereocenters. The summed E-state index contributed by atoms with van der Waals surface area (Å²) >= 11 is 0. The summed E-state index contributed by atoms with van der Waals surface area (Å²) in [5.74, 6) is 0.351. The second-order valence-corrected chi connectivity index (χ2v) is 4.08. The van der Waals surface area contributed by atoms with Gasteiger partial charge in [-0.15, -0.1) is 0 Å². The number of hydrogen-bond acceptors (Lipinski definition) is 3. The topological polar surface area (TPSA) is 32.7 Å². The van der Waals surface area contributed by atoms with E-state index in [0.717, 1.165) is 39.3 Å². The van der Waals surface area contributed by atoms with Crippen LogP contribution < -0.4 is 0 Å². The number of β-amino-alcohol motifs (C(OH)–C–C–N with tert-alkyl or cyclic N) is 1. The molecule has 1 fully saturated rings. The number of hydrogen-bond donors (Lipinski definition) is 1. The van der Waals surface area contributed by atoms with Crippen LogP contribution in [0.3, 0.4) is 0 Å². The maximum Gasteiger partial charge on any atom is 0.0689 e. The van der Waals surface area contributed by atoms with Crippen LogP contribution in [-0.2, 0) is 4.74 Å². The SMILES string of the molecule is CC(C)C(O)CN1CCCOCC1. The van der Waals surface area contributed by atoms with E-state index in [-0.39, 0.29) is 6.10 Å². The van der Waals surface area contributed by atoms with Crippen molar-refractivity contribution in [2.24, 2.45) is 5.92 Å². The van der Waals surface area contributed by atoms with Gasteiger partial charge in [-0.25, -0.2) is 0 Å². The molecule has 0 saturated carbocycles. The van der Waals surface area contributed by atoms with Gasteiger partial charge < -0.3 is 9.84 Å². The van der Waals surface area contributed by atoms with Gasteiger partial charge >= 0.3 is 0 Å². The number of rotatable bonds is 3. The van der Waals surface area contributed by atoms with E-state index in [1.807, 2.05) is 0 Å². The molecule has 0 amide bonds. The highest BCUT2D eigenvalue weighted by molar-refractivity contribution is 4.68. The number of nitrogens with zero attached hydrogens (tertiary/aromatic N) is 1. The van der Waals surface area contributed by atoms with E-state index in [4.69, 9.17) is 4.74 Å². The van der Waals surface area contributed by atoms with Crippen molar-refractivity contribution < 1.29 is 9.84 Å². The molecule has 1 rings (SSSR count). The van der Waals surface area contributed by atoms with Gasteiger partial charge in [-0.1, -0.05) is 13.8 Å². The van der Waals surface area contributed by atoms with E-state index >= 15 is 0 Å². The molecular formula is C10H21NO2. The first-order chi connectivity index (χ1) is 6.20. The Hall–Kier alpha value is -0.120. The molecule has 1 saturated heterocycles. The van der Waals surface area contributed by atoms with Crippen molar-refractivity contribution in [3.63, 3.8) is 0 Å². The average Bonchev–Trinajstić information content (AvgIpc) is 2.32. The van der Waals surface area contributed by atoms with Gasteiger partial charge in [0, 0.05) is 26.2 Å². The van der Waals surface area contributed by atoms with Gasteiger partial charge in [0.25, 0.3) is 0 Å². The number of aliphatic hydroxyl groups excluding tert-OH is 1. The Labute approximate surface area is 80.7 Å². The summed E-state index contributed by atoms with van der Waals surface area (Å²) in [4.78, 5) is 2.29. The van der Waals surface area contributed by atoms with Gasteiger partial charge in [0.1, 0.15) is 0 Å². The third-order valence-corrected chi connectivity index (χ3v) is 2.53. The molecule has 0 aromatic rings. The molecule has 13 heavy (non-hydrogen) atoms. The maximum absolute atomic E-state index is 9.69. The standard InChI is InChI=1S/C10H21NO2/c1-9(2)10(12)8-11-4-3-6-13-7-5-11/h9-10,12H,3-8H2,1-2H3. The van der Waals surface area contributed by atoms with E-state index < -0.39 is 0 Å². The minimum atomic E-state index is -0.196. The first kappa shape index (κ1) is 11.0. The zero-order valence-electron chi connectivity index (χ0n) is 8.70. The van der Waals surface area contributed by atoms with Crippen molar-refractivity contribution >= 4 is 0 Å². The first-order valence-corrected chi connectivity index (χ1v) is 5.18. The lowest BCUT2D eigenvalue weighted by Crippen LogP contribution is -2.36. The Morgan fingerprint density at radius 3 is 2.77 bits per heavy atom. The zero-order chi connectivity index (χ0) is 9.68. The van der Waals surface area contributed by atoms with Gasteiger partial charge in [-0.05, 0) is 12.3 Å². The van der Waals surface area contributed by atoms with Crippen molar-refractivity contribution in [3.05, 3.63) is 0 Å². The molecule has 0 aromatic carbocycles. The molecule has 1 unspecified atom stereocenters. The van der Waals surface area contributed by atoms with Gasteiger partial charge in [-0.2, -0.15) is 0 Å². The van der Waals surface area contributed by atoms with Crippen LogP contribution in [0.1, 0.15) is 20.3 Å². The molecule has 1 N–H and O–H groups in total. The van der Waals surface area contributed by atoms with Crippen molar-refractivity contribution in [1.82, 2.24) is 4.90 Å². The molecule has 78 valence electrons. The van der Waals surface area contributed by atoms with Crippen molar-refractivity contribution in [3.8, 4) is 0 Å². The fourth-order valence-electron chi connectivity index (χ4n) is 1.46. The van der Waals surface area contributed by atoms with Crippen LogP contribution in [0.2, 0.25) is 0 Å². The Balaban J connectivity index is 2.25. The van der Waals surface area contributed by atoms with Gasteiger partial charge in [-0.3, -0.25) is 4.90 Å². The van der Waals surface area contributed by atoms with Crippen LogP contribution in [-0.4, -0.2) is 49.0 Å². The molecule has 1 aliphatic rings. The summed E-state index contributed by atoms with van der Waals surface area (Å²) < 4.78 is 5.34. The van der Waals surface area contributed by atoms with E-state index in [9.17, 15) is 5.11 Å². The monoisotopic (exact) mass is 187 g/mol. The summed E-state index contributed by atoms with van der Waals surface area (Å²) in [6.45, 7) is 8.60. The molecular weight excluding hydrogens is 166 g/mol. The second kappa shape index (κ2) is 5.58. The molecule has 1 aliphatic heterocycles. The Morgan fingerprint density at radius 1 is 1.31 bits per heavy atom. The van der Waals surface area contributed by atoms with Crippen molar-refractivity contribution in [2.45, 2.75) is 26.4 Å². The highest BCUT2D eigenvalue weighted by atomic mass is 16.5. The summed E-state index contributed by atoms with van der Waals surface area (Å²) in [7, 11) is 0. The summed E-state index contributed by atoms with van der Waals surface area (Å²) in [6, 6.07) is 0. The van der Waals surface area contributed by atoms with Crippen LogP contribution in [0.25, 0.3) is 0 Å². The molecule has 1 heterocycles. The van der Waals surface area contributed by atoms with Gasteiger partial charge in [0.2, 0.25) is 0 Å². The lowest BCUT2D eigenvalue weighted by molar-refractivity contribution is 0.0730. The van der Waals surface area contributed by atoms with E-state index in [2.05, 4.69) is 18.7 Å². The Kier molecular flexibility index (Phi) is 4.70. The molecule has 3 nitrogen and oxygen atoms in total. The normalized spacial score (nSPS) is 23.1. The molecule has 0 spiro atoms. The Morgan fingerprint density at radius 2 is 2.08 bits per heavy atom. The summed E-state index contributed by atoms with van der Waals surface area (Å²) in [5.41, 5.74) is 0. The van der Waals surface area contributed by atoms with Crippen LogP contribution in [0.4, 0.5) is 0 Å². The van der Waals surface area contributed by atoms with E-state index in [1.165, 1.54) is 0 Å². The number of aliphatic hydroxyl groups is 1. The highest BCUT2D eigenvalue weighted by Gasteiger charge is 2.15. The van der Waals surface area contributed by atoms with Crippen LogP contribution in [0.15, 0.2) is 0 Å². The van der Waals surface area contributed by atoms with Crippen molar-refractivity contribution in [1.29, 1.82) is 0 Å². The fraction of sp³-hybridized carbons (Fsp3) is 1.00. The smallest absolute Gasteiger partial charge is 0.0689 e. The predicted octanol–water partition coefficient (Wildman–Crippen LogP) is 0.726. The minimum Gasteiger partial charge on any atom is -0.392 e.